The summed E-state index contributed by atoms with van der Waals surface area (Å²) in [7, 11) is -2.71. The third kappa shape index (κ3) is 5.75. The zero-order valence-electron chi connectivity index (χ0n) is 17.0. The highest BCUT2D eigenvalue weighted by Gasteiger charge is 2.36. The van der Waals surface area contributed by atoms with Gasteiger partial charge in [-0.1, -0.05) is 23.7 Å². The van der Waals surface area contributed by atoms with E-state index in [1.165, 1.54) is 35.7 Å². The number of halogens is 1. The molecule has 0 spiro atoms. The Morgan fingerprint density at radius 1 is 1.16 bits per heavy atom. The van der Waals surface area contributed by atoms with Crippen molar-refractivity contribution in [3.05, 3.63) is 59.1 Å². The molecular formula is C21H24ClN3O5S. The van der Waals surface area contributed by atoms with Crippen LogP contribution in [0.3, 0.4) is 0 Å². The van der Waals surface area contributed by atoms with Gasteiger partial charge in [0.15, 0.2) is 0 Å². The minimum absolute atomic E-state index is 0.00154. The first-order valence-corrected chi connectivity index (χ1v) is 11.6. The van der Waals surface area contributed by atoms with E-state index >= 15 is 0 Å². The van der Waals surface area contributed by atoms with Gasteiger partial charge in [-0.2, -0.15) is 4.31 Å². The van der Waals surface area contributed by atoms with Crippen molar-refractivity contribution in [3.8, 4) is 0 Å². The maximum atomic E-state index is 13.5. The van der Waals surface area contributed by atoms with E-state index in [1.807, 2.05) is 0 Å². The molecule has 2 N–H and O–H groups in total. The summed E-state index contributed by atoms with van der Waals surface area (Å²) >= 11 is 5.91. The fraction of sp³-hybridized carbons (Fsp3) is 0.333. The van der Waals surface area contributed by atoms with Crippen molar-refractivity contribution < 1.29 is 22.7 Å². The molecule has 2 amide bonds. The Morgan fingerprint density at radius 2 is 1.84 bits per heavy atom. The van der Waals surface area contributed by atoms with Gasteiger partial charge in [-0.3, -0.25) is 10.1 Å². The largest absolute Gasteiger partial charge is 0.453 e. The number of hydrogen-bond donors (Lipinski definition) is 2. The molecule has 1 saturated heterocycles. The van der Waals surface area contributed by atoms with Crippen LogP contribution in [0.25, 0.3) is 0 Å². The summed E-state index contributed by atoms with van der Waals surface area (Å²) in [6.07, 6.45) is 1.36. The SMILES string of the molecule is COC(=O)Nc1ccc(CN([C@@H]2CCCCNC2=O)S(=O)(=O)c2ccc(Cl)cc2)cc1. The lowest BCUT2D eigenvalue weighted by Crippen LogP contribution is -2.48. The summed E-state index contributed by atoms with van der Waals surface area (Å²) in [6.45, 7) is 0.527. The molecule has 3 rings (SSSR count). The van der Waals surface area contributed by atoms with Crippen LogP contribution in [0.4, 0.5) is 10.5 Å². The summed E-state index contributed by atoms with van der Waals surface area (Å²) in [5.41, 5.74) is 1.18. The number of benzene rings is 2. The molecule has 1 aliphatic heterocycles. The van der Waals surface area contributed by atoms with E-state index in [0.717, 1.165) is 12.8 Å². The lowest BCUT2D eigenvalue weighted by atomic mass is 10.1. The number of ether oxygens (including phenoxy) is 1. The number of nitrogens with one attached hydrogen (secondary N) is 2. The minimum atomic E-state index is -3.97. The fourth-order valence-electron chi connectivity index (χ4n) is 3.34. The molecule has 0 saturated carbocycles. The van der Waals surface area contributed by atoms with Gasteiger partial charge in [0.05, 0.1) is 12.0 Å². The summed E-state index contributed by atoms with van der Waals surface area (Å²) < 4.78 is 32.8. The number of hydrogen-bond acceptors (Lipinski definition) is 5. The van der Waals surface area contributed by atoms with Gasteiger partial charge in [-0.05, 0) is 61.2 Å². The van der Waals surface area contributed by atoms with Gasteiger partial charge < -0.3 is 10.1 Å². The first-order valence-electron chi connectivity index (χ1n) is 9.80. The van der Waals surface area contributed by atoms with Crippen LogP contribution in [-0.2, 0) is 26.1 Å². The van der Waals surface area contributed by atoms with E-state index in [4.69, 9.17) is 11.6 Å². The Hall–Kier alpha value is -2.62. The number of amides is 2. The van der Waals surface area contributed by atoms with Crippen molar-refractivity contribution in [1.29, 1.82) is 0 Å². The summed E-state index contributed by atoms with van der Waals surface area (Å²) in [4.78, 5) is 24.1. The molecular weight excluding hydrogens is 442 g/mol. The maximum absolute atomic E-state index is 13.5. The third-order valence-electron chi connectivity index (χ3n) is 5.00. The van der Waals surface area contributed by atoms with Crippen LogP contribution in [-0.4, -0.2) is 44.4 Å². The number of rotatable bonds is 6. The predicted octanol–water partition coefficient (Wildman–Crippen LogP) is 3.38. The Kier molecular flexibility index (Phi) is 7.53. The Bertz CT molecular complexity index is 1030. The Balaban J connectivity index is 1.93. The minimum Gasteiger partial charge on any atom is -0.453 e. The Morgan fingerprint density at radius 3 is 2.48 bits per heavy atom. The zero-order valence-corrected chi connectivity index (χ0v) is 18.6. The second-order valence-electron chi connectivity index (χ2n) is 7.12. The predicted molar refractivity (Wildman–Crippen MR) is 117 cm³/mol. The van der Waals surface area contributed by atoms with Gasteiger partial charge in [0, 0.05) is 23.8 Å². The lowest BCUT2D eigenvalue weighted by Gasteiger charge is -2.29. The van der Waals surface area contributed by atoms with Gasteiger partial charge in [-0.25, -0.2) is 13.2 Å². The molecule has 0 bridgehead atoms. The molecule has 1 heterocycles. The molecule has 1 aliphatic rings. The van der Waals surface area contributed by atoms with E-state index in [2.05, 4.69) is 15.4 Å². The molecule has 0 unspecified atom stereocenters. The second kappa shape index (κ2) is 10.1. The highest BCUT2D eigenvalue weighted by atomic mass is 35.5. The van der Waals surface area contributed by atoms with Gasteiger partial charge in [0.25, 0.3) is 0 Å². The molecule has 1 atom stereocenters. The standard InChI is InChI=1S/C21H24ClN3O5S/c1-30-21(27)24-17-9-5-15(6-10-17)14-25(19-4-2-3-13-23-20(19)26)31(28,29)18-11-7-16(22)8-12-18/h5-12,19H,2-4,13-14H2,1H3,(H,23,26)(H,24,27)/t19-/m1/s1. The van der Waals surface area contributed by atoms with Crippen molar-refractivity contribution in [3.63, 3.8) is 0 Å². The topological polar surface area (TPSA) is 105 Å². The smallest absolute Gasteiger partial charge is 0.411 e. The first kappa shape index (κ1) is 23.1. The van der Waals surface area contributed by atoms with Crippen LogP contribution in [0.1, 0.15) is 24.8 Å². The normalized spacial score (nSPS) is 17.0. The van der Waals surface area contributed by atoms with Crippen LogP contribution in [0.2, 0.25) is 5.02 Å². The summed E-state index contributed by atoms with van der Waals surface area (Å²) in [5, 5.41) is 5.77. The molecule has 0 aliphatic carbocycles. The van der Waals surface area contributed by atoms with Gasteiger partial charge >= 0.3 is 6.09 Å². The lowest BCUT2D eigenvalue weighted by molar-refractivity contribution is -0.124. The molecule has 31 heavy (non-hydrogen) atoms. The molecule has 0 aromatic heterocycles. The molecule has 8 nitrogen and oxygen atoms in total. The summed E-state index contributed by atoms with van der Waals surface area (Å²) in [5.74, 6) is -0.306. The summed E-state index contributed by atoms with van der Waals surface area (Å²) in [6, 6.07) is 11.7. The van der Waals surface area contributed by atoms with Crippen molar-refractivity contribution in [1.82, 2.24) is 9.62 Å². The molecule has 10 heteroatoms. The molecule has 2 aromatic rings. The molecule has 0 radical (unpaired) electrons. The van der Waals surface area contributed by atoms with Crippen molar-refractivity contribution in [2.24, 2.45) is 0 Å². The van der Waals surface area contributed by atoms with Crippen molar-refractivity contribution in [2.75, 3.05) is 19.0 Å². The number of sulfonamides is 1. The van der Waals surface area contributed by atoms with Crippen molar-refractivity contribution >= 4 is 39.3 Å². The van der Waals surface area contributed by atoms with Crippen LogP contribution in [0.15, 0.2) is 53.4 Å². The molecule has 1 fully saturated rings. The number of carbonyl (C=O) groups is 2. The van der Waals surface area contributed by atoms with Gasteiger partial charge in [-0.15, -0.1) is 0 Å². The fourth-order valence-corrected chi connectivity index (χ4v) is 5.08. The number of methoxy groups -OCH3 is 1. The van der Waals surface area contributed by atoms with E-state index < -0.39 is 22.2 Å². The third-order valence-corrected chi connectivity index (χ3v) is 7.12. The van der Waals surface area contributed by atoms with Gasteiger partial charge in [0.2, 0.25) is 15.9 Å². The second-order valence-corrected chi connectivity index (χ2v) is 9.45. The highest BCUT2D eigenvalue weighted by molar-refractivity contribution is 7.89. The Labute approximate surface area is 186 Å². The van der Waals surface area contributed by atoms with Crippen LogP contribution >= 0.6 is 11.6 Å². The quantitative estimate of drug-likeness (QED) is 0.680. The number of carbonyl (C=O) groups excluding carboxylic acids is 2. The van der Waals surface area contributed by atoms with E-state index in [9.17, 15) is 18.0 Å². The molecule has 166 valence electrons. The van der Waals surface area contributed by atoms with Crippen LogP contribution in [0.5, 0.6) is 0 Å². The van der Waals surface area contributed by atoms with Crippen molar-refractivity contribution in [2.45, 2.75) is 36.7 Å². The first-order chi connectivity index (χ1) is 14.8. The maximum Gasteiger partial charge on any atom is 0.411 e. The van der Waals surface area contributed by atoms with Crippen LogP contribution in [0, 0.1) is 0 Å². The zero-order chi connectivity index (χ0) is 22.4. The van der Waals surface area contributed by atoms with Crippen LogP contribution < -0.4 is 10.6 Å². The number of nitrogens with zero attached hydrogens (tertiary/aromatic N) is 1. The van der Waals surface area contributed by atoms with Gasteiger partial charge in [0.1, 0.15) is 6.04 Å². The average molecular weight is 466 g/mol. The number of anilines is 1. The monoisotopic (exact) mass is 465 g/mol. The average Bonchev–Trinajstić information content (AvgIpc) is 2.97. The van der Waals surface area contributed by atoms with E-state index in [-0.39, 0.29) is 17.3 Å². The van der Waals surface area contributed by atoms with E-state index in [0.29, 0.717) is 29.2 Å². The highest BCUT2D eigenvalue weighted by Crippen LogP contribution is 2.26. The molecule has 2 aromatic carbocycles. The van der Waals surface area contributed by atoms with E-state index in [1.54, 1.807) is 24.3 Å².